The fraction of sp³-hybridized carbons (Fsp3) is 0.174. The van der Waals surface area contributed by atoms with Gasteiger partial charge in [-0.3, -0.25) is 9.10 Å². The van der Waals surface area contributed by atoms with E-state index < -0.39 is 15.9 Å². The fourth-order valence-corrected chi connectivity index (χ4v) is 4.82. The van der Waals surface area contributed by atoms with Gasteiger partial charge in [0.1, 0.15) is 6.54 Å². The first-order valence-electron chi connectivity index (χ1n) is 9.66. The van der Waals surface area contributed by atoms with Gasteiger partial charge in [0.15, 0.2) is 11.5 Å². The molecule has 1 N–H and O–H groups in total. The van der Waals surface area contributed by atoms with Crippen molar-refractivity contribution < 1.29 is 22.7 Å². The molecule has 3 aromatic rings. The average Bonchev–Trinajstić information content (AvgIpc) is 2.82. The highest BCUT2D eigenvalue weighted by molar-refractivity contribution is 14.1. The molecule has 32 heavy (non-hydrogen) atoms. The summed E-state index contributed by atoms with van der Waals surface area (Å²) in [5.41, 5.74) is 1.21. The van der Waals surface area contributed by atoms with E-state index in [-0.39, 0.29) is 18.0 Å². The van der Waals surface area contributed by atoms with E-state index >= 15 is 0 Å². The molecule has 0 aromatic heterocycles. The van der Waals surface area contributed by atoms with Crippen molar-refractivity contribution in [2.75, 3.05) is 25.1 Å². The Kier molecular flexibility index (Phi) is 7.97. The molecule has 0 spiro atoms. The third-order valence-corrected chi connectivity index (χ3v) is 7.18. The van der Waals surface area contributed by atoms with E-state index in [0.717, 1.165) is 13.4 Å². The van der Waals surface area contributed by atoms with Crippen molar-refractivity contribution in [1.29, 1.82) is 0 Å². The van der Waals surface area contributed by atoms with Gasteiger partial charge in [-0.2, -0.15) is 0 Å². The first-order chi connectivity index (χ1) is 15.3. The fourth-order valence-electron chi connectivity index (χ4n) is 3.02. The third-order valence-electron chi connectivity index (χ3n) is 4.67. The number of anilines is 1. The number of hydrogen-bond acceptors (Lipinski definition) is 5. The van der Waals surface area contributed by atoms with Gasteiger partial charge < -0.3 is 14.8 Å². The minimum Gasteiger partial charge on any atom is -0.493 e. The molecule has 168 valence electrons. The van der Waals surface area contributed by atoms with Gasteiger partial charge in [-0.1, -0.05) is 24.3 Å². The Morgan fingerprint density at radius 1 is 0.938 bits per heavy atom. The molecule has 0 saturated heterocycles. The zero-order valence-electron chi connectivity index (χ0n) is 17.6. The van der Waals surface area contributed by atoms with Crippen LogP contribution >= 0.6 is 22.6 Å². The number of ether oxygens (including phenoxy) is 2. The number of hydrogen-bond donors (Lipinski definition) is 1. The highest BCUT2D eigenvalue weighted by Gasteiger charge is 2.27. The first kappa shape index (κ1) is 23.9. The molecule has 7 nitrogen and oxygen atoms in total. The maximum Gasteiger partial charge on any atom is 0.264 e. The van der Waals surface area contributed by atoms with Gasteiger partial charge in [-0.15, -0.1) is 0 Å². The van der Waals surface area contributed by atoms with Crippen molar-refractivity contribution in [3.8, 4) is 11.5 Å². The molecule has 0 aliphatic heterocycles. The maximum absolute atomic E-state index is 13.3. The topological polar surface area (TPSA) is 84.9 Å². The van der Waals surface area contributed by atoms with Gasteiger partial charge in [-0.05, 0) is 76.7 Å². The summed E-state index contributed by atoms with van der Waals surface area (Å²) in [7, 11) is -0.849. The van der Waals surface area contributed by atoms with Crippen molar-refractivity contribution in [2.24, 2.45) is 0 Å². The van der Waals surface area contributed by atoms with Gasteiger partial charge in [0.2, 0.25) is 5.91 Å². The molecule has 0 aliphatic carbocycles. The normalized spacial score (nSPS) is 11.0. The van der Waals surface area contributed by atoms with E-state index in [4.69, 9.17) is 9.47 Å². The quantitative estimate of drug-likeness (QED) is 0.399. The molecule has 0 radical (unpaired) electrons. The van der Waals surface area contributed by atoms with Crippen LogP contribution in [0.3, 0.4) is 0 Å². The number of carbonyl (C=O) groups is 1. The summed E-state index contributed by atoms with van der Waals surface area (Å²) in [6.07, 6.45) is 0. The van der Waals surface area contributed by atoms with Crippen molar-refractivity contribution in [2.45, 2.75) is 11.4 Å². The lowest BCUT2D eigenvalue weighted by Gasteiger charge is -2.24. The number of carbonyl (C=O) groups excluding carboxylic acids is 1. The van der Waals surface area contributed by atoms with E-state index in [1.807, 2.05) is 0 Å². The average molecular weight is 566 g/mol. The third kappa shape index (κ3) is 5.71. The predicted molar refractivity (Wildman–Crippen MR) is 132 cm³/mol. The van der Waals surface area contributed by atoms with Crippen LogP contribution in [0.1, 0.15) is 5.56 Å². The van der Waals surface area contributed by atoms with Crippen molar-refractivity contribution in [3.05, 3.63) is 81.9 Å². The zero-order valence-corrected chi connectivity index (χ0v) is 20.6. The van der Waals surface area contributed by atoms with E-state index in [9.17, 15) is 13.2 Å². The van der Waals surface area contributed by atoms with Crippen LogP contribution in [-0.4, -0.2) is 35.1 Å². The minimum absolute atomic E-state index is 0.117. The molecule has 0 aliphatic rings. The second kappa shape index (κ2) is 10.7. The Bertz CT molecular complexity index is 1170. The Labute approximate surface area is 201 Å². The van der Waals surface area contributed by atoms with E-state index in [1.54, 1.807) is 67.8 Å². The van der Waals surface area contributed by atoms with Crippen LogP contribution in [-0.2, 0) is 21.4 Å². The van der Waals surface area contributed by atoms with Crippen LogP contribution in [0.5, 0.6) is 11.5 Å². The van der Waals surface area contributed by atoms with Gasteiger partial charge >= 0.3 is 0 Å². The SMILES string of the molecule is COc1ccc(CNC(=O)CN(c2ccc(I)cc2)S(=O)(=O)c2ccccc2)cc1OC. The van der Waals surface area contributed by atoms with Crippen LogP contribution in [0.15, 0.2) is 77.7 Å². The number of nitrogens with zero attached hydrogens (tertiary/aromatic N) is 1. The summed E-state index contributed by atoms with van der Waals surface area (Å²) in [6, 6.07) is 20.3. The van der Waals surface area contributed by atoms with Crippen LogP contribution in [0.2, 0.25) is 0 Å². The molecule has 0 fully saturated rings. The molecular weight excluding hydrogens is 543 g/mol. The molecule has 0 heterocycles. The van der Waals surface area contributed by atoms with Crippen molar-refractivity contribution >= 4 is 44.2 Å². The molecule has 3 rings (SSSR count). The van der Waals surface area contributed by atoms with E-state index in [2.05, 4.69) is 27.9 Å². The Balaban J connectivity index is 1.80. The second-order valence-electron chi connectivity index (χ2n) is 6.77. The number of methoxy groups -OCH3 is 2. The summed E-state index contributed by atoms with van der Waals surface area (Å²) in [5.74, 6) is 0.700. The van der Waals surface area contributed by atoms with Gasteiger partial charge in [0.05, 0.1) is 24.8 Å². The van der Waals surface area contributed by atoms with Crippen molar-refractivity contribution in [3.63, 3.8) is 0 Å². The number of rotatable bonds is 9. The van der Waals surface area contributed by atoms with E-state index in [0.29, 0.717) is 17.2 Å². The standard InChI is InChI=1S/C23H23IN2O5S/c1-30-21-13-8-17(14-22(21)31-2)15-25-23(27)16-26(19-11-9-18(24)10-12-19)32(28,29)20-6-4-3-5-7-20/h3-14H,15-16H2,1-2H3,(H,25,27). The smallest absolute Gasteiger partial charge is 0.264 e. The number of nitrogens with one attached hydrogen (secondary N) is 1. The Morgan fingerprint density at radius 2 is 1.59 bits per heavy atom. The highest BCUT2D eigenvalue weighted by Crippen LogP contribution is 2.28. The summed E-state index contributed by atoms with van der Waals surface area (Å²) < 4.78 is 39.2. The Hall–Kier alpha value is -2.79. The monoisotopic (exact) mass is 566 g/mol. The molecule has 9 heteroatoms. The highest BCUT2D eigenvalue weighted by atomic mass is 127. The Morgan fingerprint density at radius 3 is 2.22 bits per heavy atom. The zero-order chi connectivity index (χ0) is 23.1. The van der Waals surface area contributed by atoms with Crippen LogP contribution in [0.4, 0.5) is 5.69 Å². The van der Waals surface area contributed by atoms with Crippen LogP contribution in [0, 0.1) is 3.57 Å². The van der Waals surface area contributed by atoms with Gasteiger partial charge in [0.25, 0.3) is 10.0 Å². The maximum atomic E-state index is 13.3. The molecule has 0 unspecified atom stereocenters. The molecular formula is C23H23IN2O5S. The lowest BCUT2D eigenvalue weighted by atomic mass is 10.2. The number of amides is 1. The summed E-state index contributed by atoms with van der Waals surface area (Å²) in [4.78, 5) is 12.9. The molecule has 3 aromatic carbocycles. The molecule has 1 amide bonds. The van der Waals surface area contributed by atoms with Gasteiger partial charge in [0, 0.05) is 10.1 Å². The molecule has 0 atom stereocenters. The minimum atomic E-state index is -3.93. The first-order valence-corrected chi connectivity index (χ1v) is 12.2. The largest absolute Gasteiger partial charge is 0.493 e. The number of benzene rings is 3. The summed E-state index contributed by atoms with van der Waals surface area (Å²) in [6.45, 7) is -0.143. The number of halogens is 1. The lowest BCUT2D eigenvalue weighted by molar-refractivity contribution is -0.119. The summed E-state index contributed by atoms with van der Waals surface area (Å²) >= 11 is 2.14. The summed E-state index contributed by atoms with van der Waals surface area (Å²) in [5, 5.41) is 2.78. The molecule has 0 bridgehead atoms. The molecule has 0 saturated carbocycles. The predicted octanol–water partition coefficient (Wildman–Crippen LogP) is 3.82. The lowest BCUT2D eigenvalue weighted by Crippen LogP contribution is -2.40. The number of sulfonamides is 1. The second-order valence-corrected chi connectivity index (χ2v) is 9.88. The van der Waals surface area contributed by atoms with Crippen molar-refractivity contribution in [1.82, 2.24) is 5.32 Å². The van der Waals surface area contributed by atoms with Crippen LogP contribution in [0.25, 0.3) is 0 Å². The van der Waals surface area contributed by atoms with Crippen LogP contribution < -0.4 is 19.1 Å². The van der Waals surface area contributed by atoms with Gasteiger partial charge in [-0.25, -0.2) is 8.42 Å². The van der Waals surface area contributed by atoms with E-state index in [1.165, 1.54) is 19.2 Å².